The Labute approximate surface area is 217 Å². The average Bonchev–Trinajstić information content (AvgIpc) is 3.00. The molecule has 0 aliphatic carbocycles. The van der Waals surface area contributed by atoms with Gasteiger partial charge in [0, 0.05) is 48.4 Å². The molecule has 0 saturated carbocycles. The van der Waals surface area contributed by atoms with Gasteiger partial charge in [0.15, 0.2) is 0 Å². The molecule has 2 aromatic carbocycles. The number of benzene rings is 2. The summed E-state index contributed by atoms with van der Waals surface area (Å²) in [5, 5.41) is 0. The molecule has 3 rings (SSSR count). The molecule has 200 valence electrons. The Bertz CT molecular complexity index is 782. The second-order valence-electron chi connectivity index (χ2n) is 8.97. The van der Waals surface area contributed by atoms with E-state index in [1.807, 2.05) is 36.4 Å². The Morgan fingerprint density at radius 3 is 1.47 bits per heavy atom. The summed E-state index contributed by atoms with van der Waals surface area (Å²) < 4.78 is 47.6. The van der Waals surface area contributed by atoms with Crippen LogP contribution in [0.5, 0.6) is 0 Å². The van der Waals surface area contributed by atoms with Gasteiger partial charge < -0.3 is 28.4 Å². The van der Waals surface area contributed by atoms with E-state index < -0.39 is 10.8 Å². The molecule has 4 unspecified atom stereocenters. The first-order valence-corrected chi connectivity index (χ1v) is 14.0. The summed E-state index contributed by atoms with van der Waals surface area (Å²) >= 11 is 0. The third-order valence-corrected chi connectivity index (χ3v) is 7.89. The van der Waals surface area contributed by atoms with Crippen LogP contribution in [0.1, 0.15) is 11.1 Å². The molecule has 7 nitrogen and oxygen atoms in total. The number of ether oxygens (including phenoxy) is 6. The first-order chi connectivity index (χ1) is 17.7. The number of hydrogen-bond donors (Lipinski definition) is 0. The standard InChI is InChI=1S/C28H40O7S/c1-30-13-15-32-21-34-27-25(17-23-9-5-3-6-10-23)19-36(29)20-26(18-24-11-7-4-8-12-24)28(27)35-22-33-16-14-31-2/h3-12,25-28H,13-22H2,1-2H3. The van der Waals surface area contributed by atoms with Crippen molar-refractivity contribution in [1.29, 1.82) is 0 Å². The topological polar surface area (TPSA) is 72.5 Å². The van der Waals surface area contributed by atoms with Crippen molar-refractivity contribution in [3.8, 4) is 0 Å². The van der Waals surface area contributed by atoms with Gasteiger partial charge in [0.2, 0.25) is 0 Å². The van der Waals surface area contributed by atoms with E-state index in [-0.39, 0.29) is 37.6 Å². The molecule has 1 aliphatic heterocycles. The fraction of sp³-hybridized carbons (Fsp3) is 0.571. The zero-order valence-electron chi connectivity index (χ0n) is 21.4. The molecular weight excluding hydrogens is 480 g/mol. The maximum absolute atomic E-state index is 13.3. The third-order valence-electron chi connectivity index (χ3n) is 6.29. The molecule has 1 saturated heterocycles. The molecule has 0 N–H and O–H groups in total. The second kappa shape index (κ2) is 17.0. The Balaban J connectivity index is 1.83. The van der Waals surface area contributed by atoms with Crippen LogP contribution in [0.2, 0.25) is 0 Å². The molecular formula is C28H40O7S. The van der Waals surface area contributed by atoms with Gasteiger partial charge in [-0.25, -0.2) is 0 Å². The zero-order valence-corrected chi connectivity index (χ0v) is 22.2. The quantitative estimate of drug-likeness (QED) is 0.248. The average molecular weight is 521 g/mol. The fourth-order valence-corrected chi connectivity index (χ4v) is 6.28. The van der Waals surface area contributed by atoms with E-state index >= 15 is 0 Å². The smallest absolute Gasteiger partial charge is 0.147 e. The lowest BCUT2D eigenvalue weighted by atomic mass is 9.85. The molecule has 2 aromatic rings. The normalized spacial score (nSPS) is 24.4. The summed E-state index contributed by atoms with van der Waals surface area (Å²) in [7, 11) is 2.27. The summed E-state index contributed by atoms with van der Waals surface area (Å²) in [5.41, 5.74) is 2.37. The van der Waals surface area contributed by atoms with E-state index in [1.165, 1.54) is 11.1 Å². The maximum atomic E-state index is 13.3. The van der Waals surface area contributed by atoms with Crippen LogP contribution < -0.4 is 0 Å². The van der Waals surface area contributed by atoms with Crippen LogP contribution in [0.25, 0.3) is 0 Å². The van der Waals surface area contributed by atoms with Crippen molar-refractivity contribution in [1.82, 2.24) is 0 Å². The van der Waals surface area contributed by atoms with Crippen LogP contribution in [-0.4, -0.2) is 82.2 Å². The molecule has 1 fully saturated rings. The van der Waals surface area contributed by atoms with Gasteiger partial charge in [-0.3, -0.25) is 4.21 Å². The molecule has 36 heavy (non-hydrogen) atoms. The minimum Gasteiger partial charge on any atom is -0.382 e. The minimum atomic E-state index is -1.01. The summed E-state index contributed by atoms with van der Waals surface area (Å²) in [5.74, 6) is 1.11. The molecule has 1 heterocycles. The number of rotatable bonds is 16. The monoisotopic (exact) mass is 520 g/mol. The van der Waals surface area contributed by atoms with Crippen molar-refractivity contribution in [2.75, 3.05) is 65.7 Å². The Morgan fingerprint density at radius 2 is 1.08 bits per heavy atom. The highest BCUT2D eigenvalue weighted by Crippen LogP contribution is 2.31. The van der Waals surface area contributed by atoms with Crippen LogP contribution in [0.4, 0.5) is 0 Å². The molecule has 0 spiro atoms. The largest absolute Gasteiger partial charge is 0.382 e. The SMILES string of the molecule is COCCOCOC1C(Cc2ccccc2)CS(=O)CC(Cc2ccccc2)C1OCOCCOC. The lowest BCUT2D eigenvalue weighted by Crippen LogP contribution is -2.44. The molecule has 4 atom stereocenters. The summed E-state index contributed by atoms with van der Waals surface area (Å²) in [6, 6.07) is 20.5. The molecule has 0 bridgehead atoms. The molecule has 1 aliphatic rings. The highest BCUT2D eigenvalue weighted by molar-refractivity contribution is 7.85. The van der Waals surface area contributed by atoms with Gasteiger partial charge in [0.05, 0.1) is 38.6 Å². The first kappa shape index (κ1) is 28.9. The summed E-state index contributed by atoms with van der Waals surface area (Å²) in [6.07, 6.45) is 0.882. The Kier molecular flexibility index (Phi) is 13.6. The lowest BCUT2D eigenvalue weighted by molar-refractivity contribution is -0.193. The maximum Gasteiger partial charge on any atom is 0.147 e. The van der Waals surface area contributed by atoms with Gasteiger partial charge in [-0.05, 0) is 24.0 Å². The second-order valence-corrected chi connectivity index (χ2v) is 10.5. The van der Waals surface area contributed by atoms with E-state index in [0.29, 0.717) is 37.9 Å². The van der Waals surface area contributed by atoms with Crippen molar-refractivity contribution in [3.63, 3.8) is 0 Å². The minimum absolute atomic E-state index is 0.00371. The fourth-order valence-electron chi connectivity index (χ4n) is 4.57. The van der Waals surface area contributed by atoms with E-state index in [9.17, 15) is 4.21 Å². The van der Waals surface area contributed by atoms with Crippen molar-refractivity contribution < 1.29 is 32.6 Å². The highest BCUT2D eigenvalue weighted by atomic mass is 32.2. The molecule has 0 radical (unpaired) electrons. The van der Waals surface area contributed by atoms with Crippen LogP contribution in [0, 0.1) is 11.8 Å². The lowest BCUT2D eigenvalue weighted by Gasteiger charge is -2.35. The van der Waals surface area contributed by atoms with Gasteiger partial charge in [0.1, 0.15) is 13.6 Å². The van der Waals surface area contributed by atoms with Crippen molar-refractivity contribution in [2.24, 2.45) is 11.8 Å². The predicted molar refractivity (Wildman–Crippen MR) is 140 cm³/mol. The van der Waals surface area contributed by atoms with Crippen molar-refractivity contribution in [2.45, 2.75) is 25.0 Å². The summed E-state index contributed by atoms with van der Waals surface area (Å²) in [6.45, 7) is 2.11. The van der Waals surface area contributed by atoms with Crippen LogP contribution in [0.3, 0.4) is 0 Å². The van der Waals surface area contributed by atoms with Gasteiger partial charge in [0.25, 0.3) is 0 Å². The predicted octanol–water partition coefficient (Wildman–Crippen LogP) is 3.48. The highest BCUT2D eigenvalue weighted by Gasteiger charge is 2.41. The van der Waals surface area contributed by atoms with Crippen molar-refractivity contribution in [3.05, 3.63) is 71.8 Å². The Morgan fingerprint density at radius 1 is 0.667 bits per heavy atom. The van der Waals surface area contributed by atoms with Crippen LogP contribution >= 0.6 is 0 Å². The van der Waals surface area contributed by atoms with Gasteiger partial charge >= 0.3 is 0 Å². The van der Waals surface area contributed by atoms with Gasteiger partial charge in [-0.15, -0.1) is 0 Å². The van der Waals surface area contributed by atoms with Crippen LogP contribution in [-0.2, 0) is 52.1 Å². The van der Waals surface area contributed by atoms with Crippen LogP contribution in [0.15, 0.2) is 60.7 Å². The molecule has 0 amide bonds. The van der Waals surface area contributed by atoms with E-state index in [4.69, 9.17) is 28.4 Å². The van der Waals surface area contributed by atoms with E-state index in [2.05, 4.69) is 24.3 Å². The number of hydrogen-bond acceptors (Lipinski definition) is 7. The van der Waals surface area contributed by atoms with Gasteiger partial charge in [-0.1, -0.05) is 60.7 Å². The van der Waals surface area contributed by atoms with E-state index in [0.717, 1.165) is 12.8 Å². The summed E-state index contributed by atoms with van der Waals surface area (Å²) in [4.78, 5) is 0. The van der Waals surface area contributed by atoms with E-state index in [1.54, 1.807) is 14.2 Å². The van der Waals surface area contributed by atoms with Crippen molar-refractivity contribution >= 4 is 10.8 Å². The Hall–Kier alpha value is -1.65. The first-order valence-electron chi connectivity index (χ1n) is 12.5. The number of methoxy groups -OCH3 is 2. The third kappa shape index (κ3) is 10.0. The molecule has 0 aromatic heterocycles. The zero-order chi connectivity index (χ0) is 25.4. The van der Waals surface area contributed by atoms with Gasteiger partial charge in [-0.2, -0.15) is 0 Å². The molecule has 8 heteroatoms.